The number of halogens is 1. The van der Waals surface area contributed by atoms with E-state index in [0.29, 0.717) is 6.04 Å². The minimum Gasteiger partial charge on any atom is -0.316 e. The molecule has 1 N–H and O–H groups in total. The summed E-state index contributed by atoms with van der Waals surface area (Å²) in [5.74, 6) is 0. The monoisotopic (exact) mass is 263 g/mol. The van der Waals surface area contributed by atoms with Gasteiger partial charge in [0.1, 0.15) is 0 Å². The molecule has 3 nitrogen and oxygen atoms in total. The molecular weight excluding hydrogens is 246 g/mol. The zero-order chi connectivity index (χ0) is 13.0. The first kappa shape index (κ1) is 13.1. The van der Waals surface area contributed by atoms with Crippen LogP contribution in [-0.2, 0) is 19.9 Å². The molecule has 1 heterocycles. The minimum absolute atomic E-state index is 0.347. The summed E-state index contributed by atoms with van der Waals surface area (Å²) in [6.45, 7) is 0. The Kier molecular flexibility index (Phi) is 4.39. The van der Waals surface area contributed by atoms with E-state index in [1.807, 2.05) is 43.2 Å². The molecule has 0 spiro atoms. The Bertz CT molecular complexity index is 507. The third kappa shape index (κ3) is 3.34. The number of hydrogen-bond acceptors (Lipinski definition) is 2. The van der Waals surface area contributed by atoms with Crippen molar-refractivity contribution in [2.45, 2.75) is 18.9 Å². The van der Waals surface area contributed by atoms with E-state index in [4.69, 9.17) is 11.6 Å². The van der Waals surface area contributed by atoms with Gasteiger partial charge in [-0.3, -0.25) is 4.68 Å². The number of likely N-dealkylation sites (N-methyl/N-ethyl adjacent to an activating group) is 1. The van der Waals surface area contributed by atoms with Crippen molar-refractivity contribution >= 4 is 11.6 Å². The first-order valence-electron chi connectivity index (χ1n) is 6.08. The lowest BCUT2D eigenvalue weighted by molar-refractivity contribution is 0.545. The highest BCUT2D eigenvalue weighted by Crippen LogP contribution is 2.17. The molecule has 0 saturated carbocycles. The van der Waals surface area contributed by atoms with Crippen molar-refractivity contribution < 1.29 is 0 Å². The van der Waals surface area contributed by atoms with Crippen LogP contribution in [0.3, 0.4) is 0 Å². The van der Waals surface area contributed by atoms with Gasteiger partial charge in [0.2, 0.25) is 0 Å². The normalized spacial score (nSPS) is 12.6. The second-order valence-electron chi connectivity index (χ2n) is 4.47. The third-order valence-electron chi connectivity index (χ3n) is 3.06. The van der Waals surface area contributed by atoms with Gasteiger partial charge < -0.3 is 5.32 Å². The molecule has 0 radical (unpaired) electrons. The summed E-state index contributed by atoms with van der Waals surface area (Å²) in [6, 6.07) is 10.4. The van der Waals surface area contributed by atoms with Crippen molar-refractivity contribution in [1.29, 1.82) is 0 Å². The van der Waals surface area contributed by atoms with E-state index in [1.54, 1.807) is 0 Å². The minimum atomic E-state index is 0.347. The molecule has 1 unspecified atom stereocenters. The number of hydrogen-bond donors (Lipinski definition) is 1. The molecule has 0 bridgehead atoms. The number of benzene rings is 1. The molecule has 0 aliphatic rings. The van der Waals surface area contributed by atoms with Crippen LogP contribution >= 0.6 is 11.6 Å². The van der Waals surface area contributed by atoms with Gasteiger partial charge in [0.05, 0.1) is 5.69 Å². The van der Waals surface area contributed by atoms with E-state index >= 15 is 0 Å². The Morgan fingerprint density at radius 2 is 2.06 bits per heavy atom. The molecular formula is C14H18ClN3. The Labute approximate surface area is 113 Å². The molecule has 2 aromatic rings. The molecule has 1 atom stereocenters. The first-order valence-corrected chi connectivity index (χ1v) is 6.46. The molecule has 0 saturated heterocycles. The number of rotatable bonds is 5. The maximum Gasteiger partial charge on any atom is 0.0640 e. The lowest BCUT2D eigenvalue weighted by Crippen LogP contribution is -2.30. The van der Waals surface area contributed by atoms with Crippen LogP contribution in [0.25, 0.3) is 0 Å². The van der Waals surface area contributed by atoms with Crippen molar-refractivity contribution in [3.63, 3.8) is 0 Å². The second kappa shape index (κ2) is 6.03. The van der Waals surface area contributed by atoms with Gasteiger partial charge in [0, 0.05) is 30.7 Å². The van der Waals surface area contributed by atoms with Crippen molar-refractivity contribution in [2.75, 3.05) is 7.05 Å². The number of aryl methyl sites for hydroxylation is 1. The molecule has 18 heavy (non-hydrogen) atoms. The molecule has 1 aromatic carbocycles. The van der Waals surface area contributed by atoms with E-state index in [-0.39, 0.29) is 0 Å². The van der Waals surface area contributed by atoms with Crippen molar-refractivity contribution in [3.05, 3.63) is 52.8 Å². The van der Waals surface area contributed by atoms with Gasteiger partial charge in [-0.15, -0.1) is 0 Å². The molecule has 0 aliphatic carbocycles. The van der Waals surface area contributed by atoms with Gasteiger partial charge in [-0.05, 0) is 31.2 Å². The van der Waals surface area contributed by atoms with Crippen LogP contribution in [0, 0.1) is 0 Å². The lowest BCUT2D eigenvalue weighted by atomic mass is 10.0. The molecule has 4 heteroatoms. The Balaban J connectivity index is 2.04. The van der Waals surface area contributed by atoms with Crippen LogP contribution in [0.4, 0.5) is 0 Å². The average Bonchev–Trinajstić information content (AvgIpc) is 2.76. The van der Waals surface area contributed by atoms with Gasteiger partial charge in [0.15, 0.2) is 0 Å². The molecule has 96 valence electrons. The standard InChI is InChI=1S/C14H18ClN3/c1-16-13(10-12-7-8-18(2)17-12)9-11-5-3-4-6-14(11)15/h3-8,13,16H,9-10H2,1-2H3. The van der Waals surface area contributed by atoms with Crippen LogP contribution in [0.15, 0.2) is 36.5 Å². The van der Waals surface area contributed by atoms with Gasteiger partial charge >= 0.3 is 0 Å². The highest BCUT2D eigenvalue weighted by atomic mass is 35.5. The lowest BCUT2D eigenvalue weighted by Gasteiger charge is -2.15. The topological polar surface area (TPSA) is 29.9 Å². The van der Waals surface area contributed by atoms with Crippen molar-refractivity contribution in [1.82, 2.24) is 15.1 Å². The van der Waals surface area contributed by atoms with E-state index in [1.165, 1.54) is 5.56 Å². The SMILES string of the molecule is CNC(Cc1ccn(C)n1)Cc1ccccc1Cl. The maximum absolute atomic E-state index is 6.18. The largest absolute Gasteiger partial charge is 0.316 e. The smallest absolute Gasteiger partial charge is 0.0640 e. The zero-order valence-corrected chi connectivity index (χ0v) is 11.5. The third-order valence-corrected chi connectivity index (χ3v) is 3.43. The van der Waals surface area contributed by atoms with E-state index < -0.39 is 0 Å². The Hall–Kier alpha value is -1.32. The highest BCUT2D eigenvalue weighted by molar-refractivity contribution is 6.31. The van der Waals surface area contributed by atoms with Crippen molar-refractivity contribution in [2.24, 2.45) is 7.05 Å². The summed E-state index contributed by atoms with van der Waals surface area (Å²) in [4.78, 5) is 0. The quantitative estimate of drug-likeness (QED) is 0.898. The van der Waals surface area contributed by atoms with Crippen LogP contribution < -0.4 is 5.32 Å². The van der Waals surface area contributed by atoms with Crippen LogP contribution in [0.5, 0.6) is 0 Å². The Morgan fingerprint density at radius 1 is 1.28 bits per heavy atom. The number of aromatic nitrogens is 2. The highest BCUT2D eigenvalue weighted by Gasteiger charge is 2.11. The molecule has 2 rings (SSSR count). The van der Waals surface area contributed by atoms with Crippen LogP contribution in [-0.4, -0.2) is 22.9 Å². The summed E-state index contributed by atoms with van der Waals surface area (Å²) in [7, 11) is 3.91. The number of nitrogens with one attached hydrogen (secondary N) is 1. The summed E-state index contributed by atoms with van der Waals surface area (Å²) in [5, 5.41) is 8.57. The number of nitrogens with zero attached hydrogens (tertiary/aromatic N) is 2. The fourth-order valence-electron chi connectivity index (χ4n) is 2.03. The van der Waals surface area contributed by atoms with E-state index in [2.05, 4.69) is 22.5 Å². The summed E-state index contributed by atoms with van der Waals surface area (Å²) >= 11 is 6.18. The molecule has 1 aromatic heterocycles. The summed E-state index contributed by atoms with van der Waals surface area (Å²) in [6.07, 6.45) is 3.78. The summed E-state index contributed by atoms with van der Waals surface area (Å²) < 4.78 is 1.83. The molecule has 0 fully saturated rings. The van der Waals surface area contributed by atoms with E-state index in [0.717, 1.165) is 23.6 Å². The van der Waals surface area contributed by atoms with Crippen molar-refractivity contribution in [3.8, 4) is 0 Å². The predicted octanol–water partition coefficient (Wildman–Crippen LogP) is 2.45. The van der Waals surface area contributed by atoms with Crippen LogP contribution in [0.2, 0.25) is 5.02 Å². The molecule has 0 aliphatic heterocycles. The first-order chi connectivity index (χ1) is 8.69. The fourth-order valence-corrected chi connectivity index (χ4v) is 2.24. The maximum atomic E-state index is 6.18. The Morgan fingerprint density at radius 3 is 2.67 bits per heavy atom. The second-order valence-corrected chi connectivity index (χ2v) is 4.87. The van der Waals surface area contributed by atoms with E-state index in [9.17, 15) is 0 Å². The van der Waals surface area contributed by atoms with Crippen LogP contribution in [0.1, 0.15) is 11.3 Å². The predicted molar refractivity (Wildman–Crippen MR) is 74.9 cm³/mol. The van der Waals surface area contributed by atoms with Gasteiger partial charge in [-0.25, -0.2) is 0 Å². The average molecular weight is 264 g/mol. The van der Waals surface area contributed by atoms with Gasteiger partial charge in [-0.1, -0.05) is 29.8 Å². The molecule has 0 amide bonds. The van der Waals surface area contributed by atoms with Gasteiger partial charge in [0.25, 0.3) is 0 Å². The fraction of sp³-hybridized carbons (Fsp3) is 0.357. The zero-order valence-electron chi connectivity index (χ0n) is 10.7. The summed E-state index contributed by atoms with van der Waals surface area (Å²) in [5.41, 5.74) is 2.28. The van der Waals surface area contributed by atoms with Gasteiger partial charge in [-0.2, -0.15) is 5.10 Å².